The summed E-state index contributed by atoms with van der Waals surface area (Å²) in [6.45, 7) is 3.85. The zero-order chi connectivity index (χ0) is 15.0. The topological polar surface area (TPSA) is 75.3 Å². The number of hydrogen-bond donors (Lipinski definition) is 3. The van der Waals surface area contributed by atoms with Crippen molar-refractivity contribution in [2.45, 2.75) is 51.1 Å². The van der Waals surface area contributed by atoms with Gasteiger partial charge in [0.1, 0.15) is 0 Å². The molecule has 0 bridgehead atoms. The predicted octanol–water partition coefficient (Wildman–Crippen LogP) is 1.61. The Morgan fingerprint density at radius 3 is 2.40 bits per heavy atom. The monoisotopic (exact) mass is 278 g/mol. The van der Waals surface area contributed by atoms with E-state index in [4.69, 9.17) is 5.73 Å². The smallest absolute Gasteiger partial charge is 0.237 e. The van der Waals surface area contributed by atoms with Crippen molar-refractivity contribution in [1.29, 1.82) is 0 Å². The SMILES string of the molecule is CCC(CC)(CO)NC(=O)[C@@H](N)CCc1ccccc1. The van der Waals surface area contributed by atoms with Crippen molar-refractivity contribution in [1.82, 2.24) is 5.32 Å². The van der Waals surface area contributed by atoms with Gasteiger partial charge in [0.15, 0.2) is 0 Å². The van der Waals surface area contributed by atoms with Gasteiger partial charge in [-0.25, -0.2) is 0 Å². The highest BCUT2D eigenvalue weighted by Crippen LogP contribution is 2.14. The molecule has 1 amide bonds. The van der Waals surface area contributed by atoms with Crippen LogP contribution in [0.1, 0.15) is 38.7 Å². The molecule has 0 aliphatic heterocycles. The van der Waals surface area contributed by atoms with Crippen LogP contribution in [-0.4, -0.2) is 29.2 Å². The van der Waals surface area contributed by atoms with Gasteiger partial charge in [-0.05, 0) is 31.2 Å². The van der Waals surface area contributed by atoms with E-state index in [0.29, 0.717) is 19.3 Å². The van der Waals surface area contributed by atoms with E-state index in [-0.39, 0.29) is 12.5 Å². The van der Waals surface area contributed by atoms with Crippen LogP contribution in [-0.2, 0) is 11.2 Å². The summed E-state index contributed by atoms with van der Waals surface area (Å²) in [4.78, 5) is 12.1. The average Bonchev–Trinajstić information content (AvgIpc) is 2.51. The number of carbonyl (C=O) groups is 1. The number of carbonyl (C=O) groups excluding carboxylic acids is 1. The van der Waals surface area contributed by atoms with Crippen LogP contribution in [0.3, 0.4) is 0 Å². The summed E-state index contributed by atoms with van der Waals surface area (Å²) in [5, 5.41) is 12.4. The fourth-order valence-electron chi connectivity index (χ4n) is 2.14. The highest BCUT2D eigenvalue weighted by molar-refractivity contribution is 5.82. The summed E-state index contributed by atoms with van der Waals surface area (Å²) in [7, 11) is 0. The molecule has 0 unspecified atom stereocenters. The first kappa shape index (κ1) is 16.7. The summed E-state index contributed by atoms with van der Waals surface area (Å²) in [6, 6.07) is 9.44. The fraction of sp³-hybridized carbons (Fsp3) is 0.562. The Bertz CT molecular complexity index is 394. The Hall–Kier alpha value is -1.39. The van der Waals surface area contributed by atoms with Crippen LogP contribution in [0.2, 0.25) is 0 Å². The molecule has 0 aliphatic rings. The summed E-state index contributed by atoms with van der Waals surface area (Å²) in [5.41, 5.74) is 6.58. The summed E-state index contributed by atoms with van der Waals surface area (Å²) in [5.74, 6) is -0.182. The molecule has 1 aromatic rings. The standard InChI is InChI=1S/C16H26N2O2/c1-3-16(4-2,12-19)18-15(20)14(17)11-10-13-8-6-5-7-9-13/h5-9,14,19H,3-4,10-12,17H2,1-2H3,(H,18,20)/t14-/m0/s1. The molecule has 0 heterocycles. The van der Waals surface area contributed by atoms with Gasteiger partial charge in [-0.3, -0.25) is 4.79 Å². The van der Waals surface area contributed by atoms with E-state index in [0.717, 1.165) is 6.42 Å². The van der Waals surface area contributed by atoms with Crippen LogP contribution in [0.25, 0.3) is 0 Å². The molecule has 0 radical (unpaired) electrons. The van der Waals surface area contributed by atoms with Crippen LogP contribution >= 0.6 is 0 Å². The number of amides is 1. The Balaban J connectivity index is 2.50. The quantitative estimate of drug-likeness (QED) is 0.676. The molecule has 1 atom stereocenters. The number of nitrogens with two attached hydrogens (primary N) is 1. The van der Waals surface area contributed by atoms with Gasteiger partial charge in [0.05, 0.1) is 18.2 Å². The lowest BCUT2D eigenvalue weighted by Gasteiger charge is -2.32. The van der Waals surface area contributed by atoms with Crippen LogP contribution in [0.15, 0.2) is 30.3 Å². The van der Waals surface area contributed by atoms with E-state index in [1.54, 1.807) is 0 Å². The van der Waals surface area contributed by atoms with E-state index in [1.165, 1.54) is 5.56 Å². The lowest BCUT2D eigenvalue weighted by Crippen LogP contribution is -2.55. The number of nitrogens with one attached hydrogen (secondary N) is 1. The normalized spacial score (nSPS) is 13.0. The molecular weight excluding hydrogens is 252 g/mol. The Kier molecular flexibility index (Phi) is 6.68. The predicted molar refractivity (Wildman–Crippen MR) is 81.3 cm³/mol. The second kappa shape index (κ2) is 8.02. The van der Waals surface area contributed by atoms with Gasteiger partial charge in [0.25, 0.3) is 0 Å². The highest BCUT2D eigenvalue weighted by Gasteiger charge is 2.29. The van der Waals surface area contributed by atoms with Gasteiger partial charge in [-0.15, -0.1) is 0 Å². The average molecular weight is 278 g/mol. The molecule has 0 fully saturated rings. The van der Waals surface area contributed by atoms with E-state index < -0.39 is 11.6 Å². The number of benzene rings is 1. The van der Waals surface area contributed by atoms with Crippen LogP contribution in [0, 0.1) is 0 Å². The summed E-state index contributed by atoms with van der Waals surface area (Å²) < 4.78 is 0. The molecule has 20 heavy (non-hydrogen) atoms. The van der Waals surface area contributed by atoms with Crippen molar-refractivity contribution in [2.75, 3.05) is 6.61 Å². The number of aliphatic hydroxyl groups is 1. The number of rotatable bonds is 8. The molecule has 0 spiro atoms. The molecule has 1 aromatic carbocycles. The van der Waals surface area contributed by atoms with Crippen molar-refractivity contribution in [3.8, 4) is 0 Å². The molecule has 1 rings (SSSR count). The van der Waals surface area contributed by atoms with Crippen molar-refractivity contribution in [2.24, 2.45) is 5.73 Å². The van der Waals surface area contributed by atoms with E-state index >= 15 is 0 Å². The zero-order valence-corrected chi connectivity index (χ0v) is 12.4. The largest absolute Gasteiger partial charge is 0.394 e. The molecular formula is C16H26N2O2. The van der Waals surface area contributed by atoms with Gasteiger partial charge in [0, 0.05) is 0 Å². The van der Waals surface area contributed by atoms with Gasteiger partial charge >= 0.3 is 0 Å². The molecule has 0 saturated carbocycles. The molecule has 0 aromatic heterocycles. The van der Waals surface area contributed by atoms with E-state index in [1.807, 2.05) is 44.2 Å². The third-order valence-corrected chi connectivity index (χ3v) is 3.97. The third kappa shape index (κ3) is 4.62. The van der Waals surface area contributed by atoms with Gasteiger partial charge in [-0.1, -0.05) is 44.2 Å². The third-order valence-electron chi connectivity index (χ3n) is 3.97. The maximum absolute atomic E-state index is 12.1. The van der Waals surface area contributed by atoms with E-state index in [9.17, 15) is 9.90 Å². The van der Waals surface area contributed by atoms with Gasteiger partial charge in [-0.2, -0.15) is 0 Å². The van der Waals surface area contributed by atoms with Crippen molar-refractivity contribution in [3.63, 3.8) is 0 Å². The van der Waals surface area contributed by atoms with Crippen molar-refractivity contribution >= 4 is 5.91 Å². The maximum Gasteiger partial charge on any atom is 0.237 e. The molecule has 112 valence electrons. The minimum absolute atomic E-state index is 0.0584. The van der Waals surface area contributed by atoms with Crippen LogP contribution in [0.5, 0.6) is 0 Å². The minimum Gasteiger partial charge on any atom is -0.394 e. The lowest BCUT2D eigenvalue weighted by molar-refractivity contribution is -0.125. The number of aliphatic hydroxyl groups excluding tert-OH is 1. The summed E-state index contributed by atoms with van der Waals surface area (Å²) in [6.07, 6.45) is 2.76. The first-order valence-corrected chi connectivity index (χ1v) is 7.29. The van der Waals surface area contributed by atoms with Crippen molar-refractivity contribution in [3.05, 3.63) is 35.9 Å². The van der Waals surface area contributed by atoms with Gasteiger partial charge in [0.2, 0.25) is 5.91 Å². The first-order chi connectivity index (χ1) is 9.56. The molecule has 4 nitrogen and oxygen atoms in total. The Morgan fingerprint density at radius 1 is 1.30 bits per heavy atom. The molecule has 0 saturated heterocycles. The summed E-state index contributed by atoms with van der Waals surface area (Å²) >= 11 is 0. The Labute approximate surface area is 121 Å². The number of hydrogen-bond acceptors (Lipinski definition) is 3. The number of aryl methyl sites for hydroxylation is 1. The van der Waals surface area contributed by atoms with Crippen LogP contribution in [0.4, 0.5) is 0 Å². The second-order valence-electron chi connectivity index (χ2n) is 5.27. The van der Waals surface area contributed by atoms with E-state index in [2.05, 4.69) is 5.32 Å². The van der Waals surface area contributed by atoms with Gasteiger partial charge < -0.3 is 16.2 Å². The molecule has 4 heteroatoms. The van der Waals surface area contributed by atoms with Crippen molar-refractivity contribution < 1.29 is 9.90 Å². The highest BCUT2D eigenvalue weighted by atomic mass is 16.3. The molecule has 0 aliphatic carbocycles. The molecule has 4 N–H and O–H groups in total. The van der Waals surface area contributed by atoms with Crippen LogP contribution < -0.4 is 11.1 Å². The second-order valence-corrected chi connectivity index (χ2v) is 5.27. The maximum atomic E-state index is 12.1. The zero-order valence-electron chi connectivity index (χ0n) is 12.4. The fourth-order valence-corrected chi connectivity index (χ4v) is 2.14. The minimum atomic E-state index is -0.542. The Morgan fingerprint density at radius 2 is 1.90 bits per heavy atom. The first-order valence-electron chi connectivity index (χ1n) is 7.29. The lowest BCUT2D eigenvalue weighted by atomic mass is 9.93.